The Bertz CT molecular complexity index is 644. The summed E-state index contributed by atoms with van der Waals surface area (Å²) in [4.78, 5) is 5.49. The number of fused-ring (bicyclic) bond motifs is 1. The summed E-state index contributed by atoms with van der Waals surface area (Å²) in [5.74, 6) is -0.193. The average molecular weight is 295 g/mol. The molecule has 1 N–H and O–H groups in total. The fourth-order valence-corrected chi connectivity index (χ4v) is 2.79. The van der Waals surface area contributed by atoms with Gasteiger partial charge in [0, 0.05) is 13.1 Å². The molecule has 0 saturated carbocycles. The van der Waals surface area contributed by atoms with Gasteiger partial charge in [-0.1, -0.05) is 13.8 Å². The molecule has 0 amide bonds. The third kappa shape index (κ3) is 3.10. The number of aryl methyl sites for hydroxylation is 1. The first-order chi connectivity index (χ1) is 9.56. The Labute approximate surface area is 124 Å². The first-order valence-corrected chi connectivity index (χ1v) is 7.58. The molecule has 1 aromatic carbocycles. The third-order valence-corrected chi connectivity index (χ3v) is 4.00. The maximum Gasteiger partial charge on any atom is 0.178 e. The highest BCUT2D eigenvalue weighted by Crippen LogP contribution is 2.19. The van der Waals surface area contributed by atoms with Crippen LogP contribution < -0.4 is 0 Å². The summed E-state index contributed by atoms with van der Waals surface area (Å²) in [6.07, 6.45) is 1.15. The zero-order chi connectivity index (χ0) is 14.7. The van der Waals surface area contributed by atoms with Gasteiger partial charge in [-0.25, -0.2) is 4.39 Å². The second kappa shape index (κ2) is 6.50. The number of halogens is 1. The molecule has 0 aliphatic rings. The molecule has 1 aromatic heterocycles. The van der Waals surface area contributed by atoms with E-state index in [9.17, 15) is 4.39 Å². The van der Waals surface area contributed by atoms with Crippen LogP contribution in [0.4, 0.5) is 4.39 Å². The molecular formula is C15H22FN3S. The van der Waals surface area contributed by atoms with Gasteiger partial charge in [-0.05, 0) is 56.3 Å². The molecule has 0 unspecified atom stereocenters. The number of imidazole rings is 1. The predicted molar refractivity (Wildman–Crippen MR) is 84.2 cm³/mol. The van der Waals surface area contributed by atoms with Crippen LogP contribution in [0.5, 0.6) is 0 Å². The highest BCUT2D eigenvalue weighted by molar-refractivity contribution is 7.71. The van der Waals surface area contributed by atoms with E-state index in [1.54, 1.807) is 6.92 Å². The van der Waals surface area contributed by atoms with Crippen LogP contribution in [0.1, 0.15) is 25.8 Å². The zero-order valence-corrected chi connectivity index (χ0v) is 13.2. The molecule has 0 radical (unpaired) electrons. The minimum absolute atomic E-state index is 0.193. The van der Waals surface area contributed by atoms with Crippen molar-refractivity contribution in [3.05, 3.63) is 28.3 Å². The highest BCUT2D eigenvalue weighted by Gasteiger charge is 2.09. The molecule has 0 spiro atoms. The number of aromatic nitrogens is 2. The van der Waals surface area contributed by atoms with Crippen molar-refractivity contribution in [1.82, 2.24) is 14.5 Å². The summed E-state index contributed by atoms with van der Waals surface area (Å²) in [5, 5.41) is 0. The molecule has 0 saturated heterocycles. The molecule has 5 heteroatoms. The summed E-state index contributed by atoms with van der Waals surface area (Å²) < 4.78 is 16.3. The van der Waals surface area contributed by atoms with Gasteiger partial charge in [0.05, 0.1) is 11.0 Å². The van der Waals surface area contributed by atoms with E-state index in [0.717, 1.165) is 43.6 Å². The summed E-state index contributed by atoms with van der Waals surface area (Å²) in [5.41, 5.74) is 2.42. The quantitative estimate of drug-likeness (QED) is 0.818. The molecule has 0 bridgehead atoms. The van der Waals surface area contributed by atoms with E-state index in [2.05, 4.69) is 28.3 Å². The van der Waals surface area contributed by atoms with E-state index in [4.69, 9.17) is 12.2 Å². The van der Waals surface area contributed by atoms with E-state index in [1.807, 2.05) is 6.07 Å². The number of benzene rings is 1. The van der Waals surface area contributed by atoms with Gasteiger partial charge in [0.1, 0.15) is 5.82 Å². The van der Waals surface area contributed by atoms with Crippen LogP contribution in [0.2, 0.25) is 0 Å². The Kier molecular flexibility index (Phi) is 4.94. The van der Waals surface area contributed by atoms with E-state index in [0.29, 0.717) is 10.3 Å². The number of H-pyrrole nitrogens is 1. The van der Waals surface area contributed by atoms with Gasteiger partial charge in [0.2, 0.25) is 0 Å². The monoisotopic (exact) mass is 295 g/mol. The second-order valence-electron chi connectivity index (χ2n) is 5.13. The lowest BCUT2D eigenvalue weighted by Gasteiger charge is -2.19. The number of nitrogens with zero attached hydrogens (tertiary/aromatic N) is 2. The Morgan fingerprint density at radius 3 is 2.70 bits per heavy atom. The largest absolute Gasteiger partial charge is 0.330 e. The molecule has 0 atom stereocenters. The van der Waals surface area contributed by atoms with Crippen LogP contribution in [0, 0.1) is 17.5 Å². The van der Waals surface area contributed by atoms with Gasteiger partial charge in [-0.3, -0.25) is 0 Å². The second-order valence-corrected chi connectivity index (χ2v) is 5.52. The standard InChI is InChI=1S/C15H22FN3S/c1-4-6-18(5-2)7-8-19-14-9-11(3)12(16)10-13(14)17-15(19)20/h9-10H,4-8H2,1-3H3,(H,17,20). The smallest absolute Gasteiger partial charge is 0.178 e. The van der Waals surface area contributed by atoms with Crippen LogP contribution in [0.15, 0.2) is 12.1 Å². The molecule has 0 aliphatic heterocycles. The van der Waals surface area contributed by atoms with Gasteiger partial charge in [-0.2, -0.15) is 0 Å². The maximum absolute atomic E-state index is 13.6. The van der Waals surface area contributed by atoms with Crippen LogP contribution in [-0.2, 0) is 6.54 Å². The van der Waals surface area contributed by atoms with Crippen LogP contribution in [-0.4, -0.2) is 34.1 Å². The Morgan fingerprint density at radius 2 is 2.05 bits per heavy atom. The van der Waals surface area contributed by atoms with Gasteiger partial charge >= 0.3 is 0 Å². The summed E-state index contributed by atoms with van der Waals surface area (Å²) >= 11 is 5.36. The van der Waals surface area contributed by atoms with E-state index >= 15 is 0 Å². The summed E-state index contributed by atoms with van der Waals surface area (Å²) in [7, 11) is 0. The van der Waals surface area contributed by atoms with Crippen molar-refractivity contribution in [2.45, 2.75) is 33.7 Å². The molecule has 1 heterocycles. The fraction of sp³-hybridized carbons (Fsp3) is 0.533. The lowest BCUT2D eigenvalue weighted by molar-refractivity contribution is 0.277. The molecule has 2 aromatic rings. The number of hydrogen-bond donors (Lipinski definition) is 1. The molecule has 2 rings (SSSR count). The molecule has 0 aliphatic carbocycles. The van der Waals surface area contributed by atoms with Crippen LogP contribution in [0.3, 0.4) is 0 Å². The lowest BCUT2D eigenvalue weighted by atomic mass is 10.2. The highest BCUT2D eigenvalue weighted by atomic mass is 32.1. The minimum atomic E-state index is -0.193. The van der Waals surface area contributed by atoms with Crippen molar-refractivity contribution in [2.75, 3.05) is 19.6 Å². The van der Waals surface area contributed by atoms with Crippen LogP contribution in [0.25, 0.3) is 11.0 Å². The molecule has 3 nitrogen and oxygen atoms in total. The third-order valence-electron chi connectivity index (χ3n) is 3.68. The van der Waals surface area contributed by atoms with Crippen molar-refractivity contribution in [2.24, 2.45) is 0 Å². The number of nitrogens with one attached hydrogen (secondary N) is 1. The molecule has 20 heavy (non-hydrogen) atoms. The number of rotatable bonds is 6. The van der Waals surface area contributed by atoms with Gasteiger partial charge in [-0.15, -0.1) is 0 Å². The summed E-state index contributed by atoms with van der Waals surface area (Å²) in [6.45, 7) is 10.1. The first-order valence-electron chi connectivity index (χ1n) is 7.17. The molecular weight excluding hydrogens is 273 g/mol. The Hall–Kier alpha value is -1.20. The van der Waals surface area contributed by atoms with Crippen molar-refractivity contribution in [3.8, 4) is 0 Å². The fourth-order valence-electron chi connectivity index (χ4n) is 2.49. The van der Waals surface area contributed by atoms with Crippen molar-refractivity contribution in [3.63, 3.8) is 0 Å². The Balaban J connectivity index is 2.27. The molecule has 110 valence electrons. The van der Waals surface area contributed by atoms with Crippen molar-refractivity contribution < 1.29 is 4.39 Å². The average Bonchev–Trinajstić information content (AvgIpc) is 2.70. The minimum Gasteiger partial charge on any atom is -0.330 e. The van der Waals surface area contributed by atoms with Crippen molar-refractivity contribution in [1.29, 1.82) is 0 Å². The predicted octanol–water partition coefficient (Wildman–Crippen LogP) is 3.88. The number of hydrogen-bond acceptors (Lipinski definition) is 2. The van der Waals surface area contributed by atoms with E-state index in [-0.39, 0.29) is 5.82 Å². The SMILES string of the molecule is CCCN(CC)CCn1c(=S)[nH]c2cc(F)c(C)cc21. The van der Waals surface area contributed by atoms with Crippen LogP contribution >= 0.6 is 12.2 Å². The van der Waals surface area contributed by atoms with E-state index in [1.165, 1.54) is 6.07 Å². The van der Waals surface area contributed by atoms with Gasteiger partial charge < -0.3 is 14.5 Å². The maximum atomic E-state index is 13.6. The van der Waals surface area contributed by atoms with Crippen molar-refractivity contribution >= 4 is 23.3 Å². The van der Waals surface area contributed by atoms with Gasteiger partial charge in [0.25, 0.3) is 0 Å². The lowest BCUT2D eigenvalue weighted by Crippen LogP contribution is -2.28. The first kappa shape index (κ1) is 15.2. The molecule has 0 fully saturated rings. The normalized spacial score (nSPS) is 11.7. The number of aromatic amines is 1. The number of likely N-dealkylation sites (N-methyl/N-ethyl adjacent to an activating group) is 1. The zero-order valence-electron chi connectivity index (χ0n) is 12.4. The summed E-state index contributed by atoms with van der Waals surface area (Å²) in [6, 6.07) is 3.40. The topological polar surface area (TPSA) is 24.0 Å². The van der Waals surface area contributed by atoms with E-state index < -0.39 is 0 Å². The van der Waals surface area contributed by atoms with Gasteiger partial charge in [0.15, 0.2) is 4.77 Å². The Morgan fingerprint density at radius 1 is 1.30 bits per heavy atom.